The Morgan fingerprint density at radius 3 is 2.48 bits per heavy atom. The van der Waals surface area contributed by atoms with Crippen molar-refractivity contribution in [1.29, 1.82) is 0 Å². The fourth-order valence-electron chi connectivity index (χ4n) is 2.23. The average Bonchev–Trinajstić information content (AvgIpc) is 2.82. The maximum atomic E-state index is 11.3. The summed E-state index contributed by atoms with van der Waals surface area (Å²) in [6.45, 7) is 3.77. The average molecular weight is 353 g/mol. The third-order valence-electron chi connectivity index (χ3n) is 3.09. The van der Waals surface area contributed by atoms with Gasteiger partial charge in [0.1, 0.15) is 5.69 Å². The summed E-state index contributed by atoms with van der Waals surface area (Å²) in [5.41, 5.74) is 1.58. The molecule has 1 aromatic heterocycles. The van der Waals surface area contributed by atoms with Crippen LogP contribution in [-0.2, 0) is 0 Å². The highest BCUT2D eigenvalue weighted by Gasteiger charge is 2.19. The first kappa shape index (κ1) is 15.2. The van der Waals surface area contributed by atoms with Gasteiger partial charge in [-0.15, -0.1) is 0 Å². The highest BCUT2D eigenvalue weighted by atomic mass is 79.9. The van der Waals surface area contributed by atoms with Crippen LogP contribution in [0.3, 0.4) is 0 Å². The van der Waals surface area contributed by atoms with Crippen LogP contribution in [-0.4, -0.2) is 20.6 Å². The van der Waals surface area contributed by atoms with Crippen LogP contribution in [0.4, 0.5) is 5.69 Å². The van der Waals surface area contributed by atoms with Gasteiger partial charge in [-0.3, -0.25) is 10.1 Å². The molecule has 0 amide bonds. The van der Waals surface area contributed by atoms with E-state index in [0.29, 0.717) is 15.7 Å². The van der Waals surface area contributed by atoms with Crippen molar-refractivity contribution >= 4 is 27.6 Å². The van der Waals surface area contributed by atoms with Crippen LogP contribution >= 0.6 is 15.9 Å². The Labute approximate surface area is 129 Å². The molecule has 2 rings (SSSR count). The molecule has 0 saturated heterocycles. The van der Waals surface area contributed by atoms with Gasteiger partial charge in [0.2, 0.25) is 0 Å². The molecule has 0 aliphatic heterocycles. The number of nitro benzene ring substituents is 1. The van der Waals surface area contributed by atoms with Gasteiger partial charge in [0.25, 0.3) is 5.69 Å². The van der Waals surface area contributed by atoms with Crippen molar-refractivity contribution in [2.45, 2.75) is 19.9 Å². The molecule has 0 fully saturated rings. The fraction of sp³-hybridized carbons (Fsp3) is 0.214. The quantitative estimate of drug-likeness (QED) is 0.662. The zero-order valence-electron chi connectivity index (χ0n) is 11.4. The van der Waals surface area contributed by atoms with Crippen LogP contribution in [0.15, 0.2) is 34.8 Å². The van der Waals surface area contributed by atoms with E-state index in [9.17, 15) is 20.0 Å². The molecule has 1 heterocycles. The lowest BCUT2D eigenvalue weighted by atomic mass is 10.1. The number of carboxylic acids is 1. The Hall–Kier alpha value is -2.15. The number of carboxylic acid groups (broad SMARTS) is 1. The fourth-order valence-corrected chi connectivity index (χ4v) is 2.75. The molecule has 110 valence electrons. The molecule has 0 aliphatic carbocycles. The lowest BCUT2D eigenvalue weighted by Crippen LogP contribution is -2.11. The molecule has 0 atom stereocenters. The van der Waals surface area contributed by atoms with Crippen molar-refractivity contribution < 1.29 is 14.8 Å². The number of aromatic carboxylic acids is 1. The smallest absolute Gasteiger partial charge is 0.352 e. The molecule has 1 aromatic carbocycles. The normalized spacial score (nSPS) is 10.9. The molecule has 0 saturated carbocycles. The summed E-state index contributed by atoms with van der Waals surface area (Å²) in [5.74, 6) is -1.00. The van der Waals surface area contributed by atoms with Gasteiger partial charge in [-0.2, -0.15) is 0 Å². The van der Waals surface area contributed by atoms with E-state index in [-0.39, 0.29) is 17.4 Å². The molecule has 2 aromatic rings. The number of rotatable bonds is 4. The Kier molecular flexibility index (Phi) is 4.13. The molecule has 7 heteroatoms. The topological polar surface area (TPSA) is 85.4 Å². The largest absolute Gasteiger partial charge is 0.477 e. The van der Waals surface area contributed by atoms with Gasteiger partial charge in [0, 0.05) is 17.8 Å². The molecular weight excluding hydrogens is 340 g/mol. The SMILES string of the molecule is CC(C)n1c(C(=O)O)ccc1-c1ccc([N+](=O)[O-])c(Br)c1. The minimum Gasteiger partial charge on any atom is -0.477 e. The van der Waals surface area contributed by atoms with E-state index in [1.54, 1.807) is 22.8 Å². The summed E-state index contributed by atoms with van der Waals surface area (Å²) in [6.07, 6.45) is 0. The van der Waals surface area contributed by atoms with E-state index >= 15 is 0 Å². The van der Waals surface area contributed by atoms with E-state index < -0.39 is 10.9 Å². The maximum absolute atomic E-state index is 11.3. The third kappa shape index (κ3) is 2.82. The van der Waals surface area contributed by atoms with E-state index in [1.165, 1.54) is 12.1 Å². The van der Waals surface area contributed by atoms with Crippen LogP contribution in [0.2, 0.25) is 0 Å². The van der Waals surface area contributed by atoms with Crippen molar-refractivity contribution in [2.24, 2.45) is 0 Å². The maximum Gasteiger partial charge on any atom is 0.352 e. The number of hydrogen-bond acceptors (Lipinski definition) is 3. The zero-order chi connectivity index (χ0) is 15.7. The molecule has 21 heavy (non-hydrogen) atoms. The summed E-state index contributed by atoms with van der Waals surface area (Å²) < 4.78 is 2.05. The lowest BCUT2D eigenvalue weighted by Gasteiger charge is -2.15. The summed E-state index contributed by atoms with van der Waals surface area (Å²) in [5, 5.41) is 20.1. The Bertz CT molecular complexity index is 722. The predicted octanol–water partition coefficient (Wildman–Crippen LogP) is 4.10. The van der Waals surface area contributed by atoms with Gasteiger partial charge in [-0.05, 0) is 59.6 Å². The highest BCUT2D eigenvalue weighted by molar-refractivity contribution is 9.10. The highest BCUT2D eigenvalue weighted by Crippen LogP contribution is 2.32. The second-order valence-corrected chi connectivity index (χ2v) is 5.65. The molecule has 0 spiro atoms. The number of halogens is 1. The van der Waals surface area contributed by atoms with Crippen molar-refractivity contribution in [1.82, 2.24) is 4.57 Å². The first-order valence-corrected chi connectivity index (χ1v) is 7.01. The van der Waals surface area contributed by atoms with Gasteiger partial charge in [-0.25, -0.2) is 4.79 Å². The second-order valence-electron chi connectivity index (χ2n) is 4.80. The van der Waals surface area contributed by atoms with E-state index in [1.807, 2.05) is 13.8 Å². The first-order chi connectivity index (χ1) is 9.82. The van der Waals surface area contributed by atoms with E-state index in [2.05, 4.69) is 15.9 Å². The van der Waals surface area contributed by atoms with Gasteiger partial charge in [0.15, 0.2) is 0 Å². The number of nitrogens with zero attached hydrogens (tertiary/aromatic N) is 2. The van der Waals surface area contributed by atoms with Crippen LogP contribution in [0.5, 0.6) is 0 Å². The lowest BCUT2D eigenvalue weighted by molar-refractivity contribution is -0.385. The monoisotopic (exact) mass is 352 g/mol. The molecule has 6 nitrogen and oxygen atoms in total. The van der Waals surface area contributed by atoms with Crippen LogP contribution in [0.25, 0.3) is 11.3 Å². The number of hydrogen-bond donors (Lipinski definition) is 1. The van der Waals surface area contributed by atoms with Gasteiger partial charge >= 0.3 is 5.97 Å². The van der Waals surface area contributed by atoms with E-state index in [0.717, 1.165) is 0 Å². The van der Waals surface area contributed by atoms with Crippen LogP contribution in [0.1, 0.15) is 30.4 Å². The van der Waals surface area contributed by atoms with Crippen molar-refractivity contribution in [3.8, 4) is 11.3 Å². The molecule has 1 N–H and O–H groups in total. The molecule has 0 unspecified atom stereocenters. The number of nitro groups is 1. The zero-order valence-corrected chi connectivity index (χ0v) is 13.0. The van der Waals surface area contributed by atoms with Crippen LogP contribution in [0, 0.1) is 10.1 Å². The third-order valence-corrected chi connectivity index (χ3v) is 3.73. The van der Waals surface area contributed by atoms with Crippen molar-refractivity contribution in [3.63, 3.8) is 0 Å². The van der Waals surface area contributed by atoms with Crippen LogP contribution < -0.4 is 0 Å². The summed E-state index contributed by atoms with van der Waals surface area (Å²) >= 11 is 3.18. The van der Waals surface area contributed by atoms with Crippen molar-refractivity contribution in [3.05, 3.63) is 50.6 Å². The summed E-state index contributed by atoms with van der Waals surface area (Å²) in [4.78, 5) is 21.6. The summed E-state index contributed by atoms with van der Waals surface area (Å²) in [7, 11) is 0. The molecular formula is C14H13BrN2O4. The standard InChI is InChI=1S/C14H13BrN2O4/c1-8(2)16-11(5-6-13(16)14(18)19)9-3-4-12(17(20)21)10(15)7-9/h3-8H,1-2H3,(H,18,19). The number of aromatic nitrogens is 1. The second kappa shape index (κ2) is 5.69. The van der Waals surface area contributed by atoms with Crippen molar-refractivity contribution in [2.75, 3.05) is 0 Å². The molecule has 0 aliphatic rings. The van der Waals surface area contributed by atoms with Gasteiger partial charge < -0.3 is 9.67 Å². The predicted molar refractivity (Wildman–Crippen MR) is 81.6 cm³/mol. The Morgan fingerprint density at radius 2 is 2.00 bits per heavy atom. The number of benzene rings is 1. The van der Waals surface area contributed by atoms with Gasteiger partial charge in [-0.1, -0.05) is 0 Å². The minimum absolute atomic E-state index is 0.0279. The Morgan fingerprint density at radius 1 is 1.33 bits per heavy atom. The molecule has 0 radical (unpaired) electrons. The van der Waals surface area contributed by atoms with E-state index in [4.69, 9.17) is 0 Å². The first-order valence-electron chi connectivity index (χ1n) is 6.21. The molecule has 0 bridgehead atoms. The Balaban J connectivity index is 2.60. The summed E-state index contributed by atoms with van der Waals surface area (Å²) in [6, 6.07) is 7.83. The number of carbonyl (C=O) groups is 1. The van der Waals surface area contributed by atoms with Gasteiger partial charge in [0.05, 0.1) is 9.40 Å². The minimum atomic E-state index is -1.00.